The zero-order valence-electron chi connectivity index (χ0n) is 9.37. The Labute approximate surface area is 107 Å². The number of aromatic nitrogens is 4. The number of aryl methyl sites for hydroxylation is 1. The Bertz CT molecular complexity index is 584. The number of hydrogen-bond donors (Lipinski definition) is 1. The third kappa shape index (κ3) is 2.72. The van der Waals surface area contributed by atoms with Crippen molar-refractivity contribution in [3.63, 3.8) is 0 Å². The summed E-state index contributed by atoms with van der Waals surface area (Å²) in [6.45, 7) is 0.231. The molecule has 0 fully saturated rings. The molecular formula is C9H9ClN6O2. The Balaban J connectivity index is 2.17. The van der Waals surface area contributed by atoms with E-state index < -0.39 is 4.92 Å². The van der Waals surface area contributed by atoms with Gasteiger partial charge in [0.1, 0.15) is 11.5 Å². The predicted molar refractivity (Wildman–Crippen MR) is 64.2 cm³/mol. The van der Waals surface area contributed by atoms with Gasteiger partial charge in [0.25, 0.3) is 0 Å². The van der Waals surface area contributed by atoms with Crippen molar-refractivity contribution in [1.29, 1.82) is 0 Å². The molecule has 0 radical (unpaired) electrons. The van der Waals surface area contributed by atoms with Crippen LogP contribution in [0.4, 0.5) is 11.5 Å². The van der Waals surface area contributed by atoms with Crippen LogP contribution >= 0.6 is 11.6 Å². The van der Waals surface area contributed by atoms with Gasteiger partial charge >= 0.3 is 5.69 Å². The summed E-state index contributed by atoms with van der Waals surface area (Å²) in [7, 11) is 1.73. The Morgan fingerprint density at radius 3 is 2.94 bits per heavy atom. The molecule has 0 aliphatic carbocycles. The number of nitrogens with one attached hydrogen (secondary N) is 1. The normalized spacial score (nSPS) is 10.3. The highest BCUT2D eigenvalue weighted by molar-refractivity contribution is 6.29. The largest absolute Gasteiger partial charge is 0.357 e. The van der Waals surface area contributed by atoms with Gasteiger partial charge in [-0.05, 0) is 6.07 Å². The maximum atomic E-state index is 10.8. The van der Waals surface area contributed by atoms with Crippen molar-refractivity contribution >= 4 is 23.1 Å². The van der Waals surface area contributed by atoms with E-state index in [2.05, 4.69) is 20.4 Å². The summed E-state index contributed by atoms with van der Waals surface area (Å²) in [4.78, 5) is 18.1. The summed E-state index contributed by atoms with van der Waals surface area (Å²) < 4.78 is 1.54. The van der Waals surface area contributed by atoms with E-state index >= 15 is 0 Å². The van der Waals surface area contributed by atoms with Gasteiger partial charge in [0.05, 0.1) is 11.5 Å². The van der Waals surface area contributed by atoms with Crippen LogP contribution in [0.2, 0.25) is 5.15 Å². The SMILES string of the molecule is Cn1cnc(CNc2nc(Cl)ccc2[N+](=O)[O-])n1. The maximum Gasteiger partial charge on any atom is 0.311 e. The molecule has 1 N–H and O–H groups in total. The van der Waals surface area contributed by atoms with E-state index in [1.165, 1.54) is 23.1 Å². The minimum absolute atomic E-state index is 0.0972. The number of anilines is 1. The molecule has 0 unspecified atom stereocenters. The lowest BCUT2D eigenvalue weighted by atomic mass is 10.4. The van der Waals surface area contributed by atoms with E-state index in [4.69, 9.17) is 11.6 Å². The lowest BCUT2D eigenvalue weighted by Gasteiger charge is -2.04. The highest BCUT2D eigenvalue weighted by Crippen LogP contribution is 2.24. The first-order chi connectivity index (χ1) is 8.56. The number of nitrogens with zero attached hydrogens (tertiary/aromatic N) is 5. The highest BCUT2D eigenvalue weighted by Gasteiger charge is 2.15. The van der Waals surface area contributed by atoms with Crippen molar-refractivity contribution in [2.24, 2.45) is 7.05 Å². The zero-order valence-corrected chi connectivity index (χ0v) is 10.1. The molecule has 0 aromatic carbocycles. The van der Waals surface area contributed by atoms with Crippen molar-refractivity contribution in [1.82, 2.24) is 19.7 Å². The van der Waals surface area contributed by atoms with Crippen LogP contribution in [0.5, 0.6) is 0 Å². The molecule has 0 bridgehead atoms. The standard InChI is InChI=1S/C9H9ClN6O2/c1-15-5-12-8(14-15)4-11-9-6(16(17)18)2-3-7(10)13-9/h2-3,5H,4H2,1H3,(H,11,13). The van der Waals surface area contributed by atoms with Crippen molar-refractivity contribution in [3.05, 3.63) is 39.6 Å². The first kappa shape index (κ1) is 12.2. The second kappa shape index (κ2) is 4.96. The summed E-state index contributed by atoms with van der Waals surface area (Å²) in [6.07, 6.45) is 1.54. The van der Waals surface area contributed by atoms with E-state index in [-0.39, 0.29) is 23.2 Å². The molecule has 18 heavy (non-hydrogen) atoms. The van der Waals surface area contributed by atoms with Gasteiger partial charge in [-0.15, -0.1) is 0 Å². The van der Waals surface area contributed by atoms with Crippen LogP contribution in [0.15, 0.2) is 18.5 Å². The first-order valence-electron chi connectivity index (χ1n) is 4.95. The molecule has 0 spiro atoms. The maximum absolute atomic E-state index is 10.8. The molecule has 0 saturated carbocycles. The first-order valence-corrected chi connectivity index (χ1v) is 5.33. The summed E-state index contributed by atoms with van der Waals surface area (Å²) in [6, 6.07) is 2.66. The van der Waals surface area contributed by atoms with Crippen molar-refractivity contribution in [3.8, 4) is 0 Å². The molecule has 2 heterocycles. The molecular weight excluding hydrogens is 260 g/mol. The Hall–Kier alpha value is -2.22. The third-order valence-electron chi connectivity index (χ3n) is 2.10. The number of nitro groups is 1. The monoisotopic (exact) mass is 268 g/mol. The van der Waals surface area contributed by atoms with E-state index in [0.29, 0.717) is 5.82 Å². The van der Waals surface area contributed by atoms with Crippen LogP contribution in [-0.2, 0) is 13.6 Å². The van der Waals surface area contributed by atoms with E-state index in [1.807, 2.05) is 0 Å². The molecule has 9 heteroatoms. The fraction of sp³-hybridized carbons (Fsp3) is 0.222. The second-order valence-electron chi connectivity index (χ2n) is 3.45. The van der Waals surface area contributed by atoms with Gasteiger partial charge in [0.15, 0.2) is 5.82 Å². The predicted octanol–water partition coefficient (Wildman–Crippen LogP) is 1.38. The molecule has 8 nitrogen and oxygen atoms in total. The van der Waals surface area contributed by atoms with E-state index in [9.17, 15) is 10.1 Å². The molecule has 0 atom stereocenters. The molecule has 0 saturated heterocycles. The summed E-state index contributed by atoms with van der Waals surface area (Å²) >= 11 is 5.70. The summed E-state index contributed by atoms with van der Waals surface area (Å²) in [5.74, 6) is 0.605. The molecule has 0 aliphatic rings. The summed E-state index contributed by atoms with van der Waals surface area (Å²) in [5.41, 5.74) is -0.143. The topological polar surface area (TPSA) is 98.8 Å². The molecule has 0 aliphatic heterocycles. The molecule has 0 amide bonds. The van der Waals surface area contributed by atoms with Crippen LogP contribution < -0.4 is 5.32 Å². The highest BCUT2D eigenvalue weighted by atomic mass is 35.5. The average molecular weight is 269 g/mol. The van der Waals surface area contributed by atoms with Crippen molar-refractivity contribution in [2.45, 2.75) is 6.54 Å². The number of rotatable bonds is 4. The Morgan fingerprint density at radius 2 is 2.33 bits per heavy atom. The van der Waals surface area contributed by atoms with Gasteiger partial charge in [-0.2, -0.15) is 5.10 Å². The van der Waals surface area contributed by atoms with Gasteiger partial charge in [0, 0.05) is 13.1 Å². The average Bonchev–Trinajstić information content (AvgIpc) is 2.72. The van der Waals surface area contributed by atoms with Crippen LogP contribution in [0.1, 0.15) is 5.82 Å². The minimum atomic E-state index is -0.530. The van der Waals surface area contributed by atoms with Crippen molar-refractivity contribution in [2.75, 3.05) is 5.32 Å². The smallest absolute Gasteiger partial charge is 0.311 e. The van der Waals surface area contributed by atoms with Crippen LogP contribution in [0, 0.1) is 10.1 Å². The third-order valence-corrected chi connectivity index (χ3v) is 2.31. The Morgan fingerprint density at radius 1 is 1.56 bits per heavy atom. The van der Waals surface area contributed by atoms with Gasteiger partial charge in [-0.3, -0.25) is 14.8 Å². The van der Waals surface area contributed by atoms with E-state index in [0.717, 1.165) is 0 Å². The van der Waals surface area contributed by atoms with Crippen LogP contribution in [0.25, 0.3) is 0 Å². The van der Waals surface area contributed by atoms with Crippen LogP contribution in [-0.4, -0.2) is 24.7 Å². The van der Waals surface area contributed by atoms with Gasteiger partial charge < -0.3 is 5.32 Å². The Kier molecular flexibility index (Phi) is 3.38. The molecule has 2 aromatic rings. The van der Waals surface area contributed by atoms with Gasteiger partial charge in [-0.25, -0.2) is 9.97 Å². The zero-order chi connectivity index (χ0) is 13.1. The van der Waals surface area contributed by atoms with Gasteiger partial charge in [0.2, 0.25) is 5.82 Å². The number of pyridine rings is 1. The second-order valence-corrected chi connectivity index (χ2v) is 3.83. The fourth-order valence-corrected chi connectivity index (χ4v) is 1.48. The lowest BCUT2D eigenvalue weighted by Crippen LogP contribution is -2.06. The van der Waals surface area contributed by atoms with E-state index in [1.54, 1.807) is 7.05 Å². The van der Waals surface area contributed by atoms with Crippen molar-refractivity contribution < 1.29 is 4.92 Å². The molecule has 2 aromatic heterocycles. The quantitative estimate of drug-likeness (QED) is 0.511. The summed E-state index contributed by atoms with van der Waals surface area (Å²) in [5, 5.41) is 17.8. The molecule has 94 valence electrons. The van der Waals surface area contributed by atoms with Crippen LogP contribution in [0.3, 0.4) is 0 Å². The number of halogens is 1. The lowest BCUT2D eigenvalue weighted by molar-refractivity contribution is -0.384. The minimum Gasteiger partial charge on any atom is -0.357 e. The molecule has 2 rings (SSSR count). The van der Waals surface area contributed by atoms with Gasteiger partial charge in [-0.1, -0.05) is 11.6 Å². The number of hydrogen-bond acceptors (Lipinski definition) is 6. The fourth-order valence-electron chi connectivity index (χ4n) is 1.33.